The molecule has 3 rings (SSSR count). The number of carboxylic acids is 1. The number of hydrogen-bond acceptors (Lipinski definition) is 9. The first-order valence-corrected chi connectivity index (χ1v) is 10.5. The highest BCUT2D eigenvalue weighted by Crippen LogP contribution is 2.41. The van der Waals surface area contributed by atoms with Gasteiger partial charge in [-0.05, 0) is 52.8 Å². The number of halogens is 1. The van der Waals surface area contributed by atoms with Gasteiger partial charge in [0, 0.05) is 30.4 Å². The molecule has 1 aliphatic rings. The lowest BCUT2D eigenvalue weighted by Gasteiger charge is -2.27. The summed E-state index contributed by atoms with van der Waals surface area (Å²) in [7, 11) is 0. The Balaban J connectivity index is 2.10. The Bertz CT molecular complexity index is 966. The Morgan fingerprint density at radius 2 is 1.87 bits per heavy atom. The second-order valence-electron chi connectivity index (χ2n) is 8.08. The number of hydrogen-bond donors (Lipinski definition) is 5. The summed E-state index contributed by atoms with van der Waals surface area (Å²) >= 11 is 6.02. The third-order valence-corrected chi connectivity index (χ3v) is 4.95. The summed E-state index contributed by atoms with van der Waals surface area (Å²) in [5.41, 5.74) is 10.6. The zero-order chi connectivity index (χ0) is 22.9. The largest absolute Gasteiger partial charge is 0.478 e. The Morgan fingerprint density at radius 3 is 2.45 bits per heavy atom. The molecule has 0 amide bonds. The maximum atomic E-state index is 11.5. The fourth-order valence-corrected chi connectivity index (χ4v) is 3.30. The van der Waals surface area contributed by atoms with Crippen LogP contribution in [0.25, 0.3) is 0 Å². The van der Waals surface area contributed by atoms with Crippen LogP contribution in [-0.4, -0.2) is 45.7 Å². The van der Waals surface area contributed by atoms with E-state index in [4.69, 9.17) is 22.3 Å². The fraction of sp³-hybridized carbons (Fsp3) is 0.450. The maximum Gasteiger partial charge on any atom is 0.337 e. The van der Waals surface area contributed by atoms with E-state index in [9.17, 15) is 9.90 Å². The maximum absolute atomic E-state index is 11.5. The molecule has 1 aliphatic heterocycles. The van der Waals surface area contributed by atoms with Crippen LogP contribution in [0, 0.1) is 0 Å². The van der Waals surface area contributed by atoms with Gasteiger partial charge in [0.1, 0.15) is 5.69 Å². The van der Waals surface area contributed by atoms with Crippen LogP contribution in [0.5, 0.6) is 0 Å². The van der Waals surface area contributed by atoms with Crippen molar-refractivity contribution in [2.45, 2.75) is 52.7 Å². The molecule has 2 aromatic rings. The second-order valence-corrected chi connectivity index (χ2v) is 8.49. The number of benzene rings is 1. The van der Waals surface area contributed by atoms with E-state index in [2.05, 4.69) is 48.8 Å². The summed E-state index contributed by atoms with van der Waals surface area (Å²) in [5, 5.41) is 19.9. The molecule has 6 N–H and O–H groups in total. The molecule has 0 bridgehead atoms. The lowest BCUT2D eigenvalue weighted by atomic mass is 10.2. The Hall–Kier alpha value is -2.82. The number of nitrogens with zero attached hydrogens (tertiary/aromatic N) is 4. The number of rotatable bonds is 8. The molecule has 0 aliphatic carbocycles. The average Bonchev–Trinajstić information content (AvgIpc) is 3.08. The molecule has 0 saturated heterocycles. The molecule has 0 radical (unpaired) electrons. The predicted molar refractivity (Wildman–Crippen MR) is 124 cm³/mol. The van der Waals surface area contributed by atoms with Crippen molar-refractivity contribution in [3.05, 3.63) is 28.8 Å². The van der Waals surface area contributed by atoms with E-state index in [1.807, 2.05) is 16.9 Å². The zero-order valence-electron chi connectivity index (χ0n) is 18.3. The number of fused-ring (bicyclic) bond motifs is 1. The van der Waals surface area contributed by atoms with Crippen LogP contribution in [0.2, 0.25) is 5.02 Å². The van der Waals surface area contributed by atoms with Crippen molar-refractivity contribution in [3.8, 4) is 0 Å². The van der Waals surface area contributed by atoms with Gasteiger partial charge < -0.3 is 21.5 Å². The number of nitrogens with one attached hydrogen (secondary N) is 3. The summed E-state index contributed by atoms with van der Waals surface area (Å²) in [6.07, 6.45) is 0. The molecule has 2 heterocycles. The number of carboxylic acid groups (broad SMARTS) is 1. The molecule has 0 fully saturated rings. The highest BCUT2D eigenvalue weighted by atomic mass is 35.5. The van der Waals surface area contributed by atoms with E-state index in [-0.39, 0.29) is 28.7 Å². The van der Waals surface area contributed by atoms with Gasteiger partial charge in [0.2, 0.25) is 5.95 Å². The van der Waals surface area contributed by atoms with Gasteiger partial charge in [0.15, 0.2) is 11.6 Å². The number of anilines is 5. The van der Waals surface area contributed by atoms with Gasteiger partial charge in [0.05, 0.1) is 10.6 Å². The lowest BCUT2D eigenvalue weighted by molar-refractivity contribution is 0.0697. The topological polar surface area (TPSA) is 132 Å². The molecule has 0 spiro atoms. The minimum atomic E-state index is -1.10. The van der Waals surface area contributed by atoms with Crippen LogP contribution >= 0.6 is 11.6 Å². The zero-order valence-corrected chi connectivity index (χ0v) is 19.0. The number of aromatic carboxylic acids is 1. The van der Waals surface area contributed by atoms with Gasteiger partial charge >= 0.3 is 5.97 Å². The number of hydrazine groups is 2. The number of carbonyl (C=O) groups is 1. The lowest BCUT2D eigenvalue weighted by Crippen LogP contribution is -2.50. The summed E-state index contributed by atoms with van der Waals surface area (Å²) < 4.78 is 0. The van der Waals surface area contributed by atoms with E-state index in [0.717, 1.165) is 5.69 Å². The van der Waals surface area contributed by atoms with Gasteiger partial charge in [-0.3, -0.25) is 10.0 Å². The van der Waals surface area contributed by atoms with Crippen LogP contribution in [0.4, 0.5) is 29.0 Å². The molecular formula is C20H29ClN8O2. The van der Waals surface area contributed by atoms with Gasteiger partial charge in [-0.25, -0.2) is 4.79 Å². The van der Waals surface area contributed by atoms with Crippen molar-refractivity contribution in [2.24, 2.45) is 5.73 Å². The molecule has 168 valence electrons. The molecule has 1 atom stereocenters. The van der Waals surface area contributed by atoms with E-state index in [1.165, 1.54) is 6.07 Å². The molecule has 0 saturated carbocycles. The normalized spacial score (nSPS) is 14.2. The molecule has 10 nitrogen and oxygen atoms in total. The highest BCUT2D eigenvalue weighted by Gasteiger charge is 2.35. The Kier molecular flexibility index (Phi) is 6.73. The third-order valence-electron chi connectivity index (χ3n) is 4.62. The predicted octanol–water partition coefficient (Wildman–Crippen LogP) is 3.19. The molecule has 1 aromatic carbocycles. The first kappa shape index (κ1) is 22.9. The van der Waals surface area contributed by atoms with Crippen LogP contribution in [0.1, 0.15) is 45.0 Å². The quantitative estimate of drug-likeness (QED) is 0.410. The van der Waals surface area contributed by atoms with Crippen molar-refractivity contribution < 1.29 is 9.90 Å². The standard InChI is InChI=1S/C20H29ClN8O2/c1-10(2)28-16-17(24-13-6-7-15(21)14(8-13)19(30)31)25-20(23-9-12(5)22)26-18(16)29(27-28)11(3)4/h6-8,10-12,27H,9,22H2,1-5H3,(H,30,31)(H2,23,24,25,26). The Labute approximate surface area is 186 Å². The molecule has 31 heavy (non-hydrogen) atoms. The number of aromatic nitrogens is 2. The van der Waals surface area contributed by atoms with Crippen LogP contribution in [-0.2, 0) is 0 Å². The smallest absolute Gasteiger partial charge is 0.337 e. The second kappa shape index (κ2) is 9.13. The fourth-order valence-electron chi connectivity index (χ4n) is 3.10. The van der Waals surface area contributed by atoms with E-state index in [0.29, 0.717) is 29.8 Å². The Morgan fingerprint density at radius 1 is 1.19 bits per heavy atom. The van der Waals surface area contributed by atoms with Gasteiger partial charge in [-0.2, -0.15) is 9.97 Å². The minimum absolute atomic E-state index is 0.00956. The summed E-state index contributed by atoms with van der Waals surface area (Å²) in [5.74, 6) is 0.558. The molecule has 1 unspecified atom stereocenters. The van der Waals surface area contributed by atoms with Gasteiger partial charge in [-0.15, -0.1) is 5.53 Å². The van der Waals surface area contributed by atoms with E-state index < -0.39 is 5.97 Å². The summed E-state index contributed by atoms with van der Waals surface area (Å²) in [6.45, 7) is 10.6. The molecular weight excluding hydrogens is 420 g/mol. The van der Waals surface area contributed by atoms with Crippen LogP contribution in [0.3, 0.4) is 0 Å². The number of nitrogens with two attached hydrogens (primary N) is 1. The molecule has 11 heteroatoms. The summed E-state index contributed by atoms with van der Waals surface area (Å²) in [4.78, 5) is 20.9. The van der Waals surface area contributed by atoms with Crippen LogP contribution in [0.15, 0.2) is 18.2 Å². The van der Waals surface area contributed by atoms with Crippen LogP contribution < -0.4 is 31.9 Å². The monoisotopic (exact) mass is 448 g/mol. The summed E-state index contributed by atoms with van der Waals surface area (Å²) in [6, 6.07) is 4.89. The van der Waals surface area contributed by atoms with Crippen molar-refractivity contribution in [1.82, 2.24) is 15.5 Å². The SMILES string of the molecule is CC(N)CNc1nc(Nc2ccc(Cl)c(C(=O)O)c2)c2c(n1)N(C(C)C)NN2C(C)C. The first-order valence-electron chi connectivity index (χ1n) is 10.1. The van der Waals surface area contributed by atoms with Gasteiger partial charge in [-0.1, -0.05) is 11.6 Å². The van der Waals surface area contributed by atoms with Crippen molar-refractivity contribution >= 4 is 46.5 Å². The highest BCUT2D eigenvalue weighted by molar-refractivity contribution is 6.33. The van der Waals surface area contributed by atoms with E-state index >= 15 is 0 Å². The third kappa shape index (κ3) is 4.92. The molecule has 1 aromatic heterocycles. The first-order chi connectivity index (χ1) is 14.6. The van der Waals surface area contributed by atoms with Gasteiger partial charge in [0.25, 0.3) is 0 Å². The average molecular weight is 449 g/mol. The minimum Gasteiger partial charge on any atom is -0.478 e. The van der Waals surface area contributed by atoms with Crippen molar-refractivity contribution in [2.75, 3.05) is 27.2 Å². The van der Waals surface area contributed by atoms with E-state index in [1.54, 1.807) is 12.1 Å². The van der Waals surface area contributed by atoms with Crippen molar-refractivity contribution in [1.29, 1.82) is 0 Å². The van der Waals surface area contributed by atoms with Crippen molar-refractivity contribution in [3.63, 3.8) is 0 Å².